The Balaban J connectivity index is 1.91. The fourth-order valence-corrected chi connectivity index (χ4v) is 3.75. The maximum atomic E-state index is 13.1. The van der Waals surface area contributed by atoms with E-state index in [-0.39, 0.29) is 0 Å². The number of nitrogens with zero attached hydrogens (tertiary/aromatic N) is 5. The lowest BCUT2D eigenvalue weighted by molar-refractivity contribution is -0.141. The van der Waals surface area contributed by atoms with Crippen LogP contribution in [0.4, 0.5) is 11.6 Å². The smallest absolute Gasteiger partial charge is 0.333 e. The number of ether oxygens (including phenoxy) is 1. The van der Waals surface area contributed by atoms with Crippen molar-refractivity contribution < 1.29 is 9.53 Å². The fourth-order valence-electron chi connectivity index (χ4n) is 3.75. The minimum Gasteiger partial charge on any atom is -0.468 e. The number of esters is 1. The van der Waals surface area contributed by atoms with Gasteiger partial charge >= 0.3 is 11.7 Å². The summed E-state index contributed by atoms with van der Waals surface area (Å²) >= 11 is 0. The Bertz CT molecular complexity index is 1200. The predicted molar refractivity (Wildman–Crippen MR) is 109 cm³/mol. The number of imidazole rings is 1. The minimum atomic E-state index is -0.653. The van der Waals surface area contributed by atoms with Crippen LogP contribution in [0.25, 0.3) is 11.2 Å². The largest absolute Gasteiger partial charge is 0.468 e. The Hall–Kier alpha value is -3.36. The molecule has 0 unspecified atom stereocenters. The van der Waals surface area contributed by atoms with Crippen LogP contribution >= 0.6 is 0 Å². The zero-order chi connectivity index (χ0) is 20.7. The number of benzene rings is 1. The van der Waals surface area contributed by atoms with Crippen molar-refractivity contribution in [3.05, 3.63) is 50.7 Å². The highest BCUT2D eigenvalue weighted by molar-refractivity contribution is 5.77. The van der Waals surface area contributed by atoms with Crippen LogP contribution in [-0.2, 0) is 36.1 Å². The van der Waals surface area contributed by atoms with Gasteiger partial charge in [-0.15, -0.1) is 0 Å². The first-order valence-electron chi connectivity index (χ1n) is 9.59. The summed E-state index contributed by atoms with van der Waals surface area (Å²) in [6, 6.07) is 8.25. The minimum absolute atomic E-state index is 0.313. The Morgan fingerprint density at radius 1 is 1.17 bits per heavy atom. The van der Waals surface area contributed by atoms with Crippen LogP contribution in [0.1, 0.15) is 18.9 Å². The first-order chi connectivity index (χ1) is 14.0. The molecule has 1 aliphatic rings. The second kappa shape index (κ2) is 7.23. The zero-order valence-electron chi connectivity index (χ0n) is 16.7. The Kier molecular flexibility index (Phi) is 4.73. The SMILES string of the molecule is CCc1ccc(N2CCCn3c2nc2c3c(=O)n(CC(=O)OC)c(=O)n2C)cc1. The van der Waals surface area contributed by atoms with Gasteiger partial charge in [0.25, 0.3) is 5.56 Å². The molecule has 0 spiro atoms. The number of hydrogen-bond acceptors (Lipinski definition) is 6. The summed E-state index contributed by atoms with van der Waals surface area (Å²) in [5.41, 5.74) is 1.73. The molecule has 0 aliphatic carbocycles. The Morgan fingerprint density at radius 2 is 1.90 bits per heavy atom. The molecule has 0 saturated carbocycles. The number of rotatable bonds is 4. The third kappa shape index (κ3) is 3.02. The number of aryl methyl sites for hydroxylation is 3. The topological polar surface area (TPSA) is 91.4 Å². The molecule has 1 aliphatic heterocycles. The van der Waals surface area contributed by atoms with Crippen LogP contribution in [0, 0.1) is 0 Å². The lowest BCUT2D eigenvalue weighted by Gasteiger charge is -2.29. The van der Waals surface area contributed by atoms with Gasteiger partial charge in [0.2, 0.25) is 5.95 Å². The van der Waals surface area contributed by atoms with E-state index in [0.29, 0.717) is 23.7 Å². The van der Waals surface area contributed by atoms with Crippen LogP contribution in [0.3, 0.4) is 0 Å². The maximum absolute atomic E-state index is 13.1. The average Bonchev–Trinajstić information content (AvgIpc) is 3.15. The van der Waals surface area contributed by atoms with Gasteiger partial charge in [-0.3, -0.25) is 14.2 Å². The number of fused-ring (bicyclic) bond motifs is 3. The van der Waals surface area contributed by atoms with Crippen LogP contribution in [-0.4, -0.2) is 38.3 Å². The molecule has 2 aromatic heterocycles. The van der Waals surface area contributed by atoms with Gasteiger partial charge in [-0.2, -0.15) is 4.98 Å². The van der Waals surface area contributed by atoms with Crippen LogP contribution in [0.5, 0.6) is 0 Å². The third-order valence-corrected chi connectivity index (χ3v) is 5.39. The van der Waals surface area contributed by atoms with Crippen molar-refractivity contribution in [2.75, 3.05) is 18.6 Å². The van der Waals surface area contributed by atoms with Gasteiger partial charge in [0.15, 0.2) is 11.2 Å². The molecule has 0 radical (unpaired) electrons. The number of methoxy groups -OCH3 is 1. The molecule has 9 heteroatoms. The highest BCUT2D eigenvalue weighted by atomic mass is 16.5. The molecule has 0 amide bonds. The van der Waals surface area contributed by atoms with E-state index in [1.165, 1.54) is 17.2 Å². The number of hydrogen-bond donors (Lipinski definition) is 0. The average molecular weight is 397 g/mol. The molecule has 3 heterocycles. The second-order valence-corrected chi connectivity index (χ2v) is 7.07. The standard InChI is InChI=1S/C20H23N5O4/c1-4-13-6-8-14(9-7-13)23-10-5-11-24-16-17(21-19(23)24)22(2)20(28)25(18(16)27)12-15(26)29-3/h6-9H,4-5,10-12H2,1-3H3. The van der Waals surface area contributed by atoms with Crippen LogP contribution in [0.2, 0.25) is 0 Å². The van der Waals surface area contributed by atoms with E-state index in [9.17, 15) is 14.4 Å². The molecule has 0 fully saturated rings. The highest BCUT2D eigenvalue weighted by Gasteiger charge is 2.27. The van der Waals surface area contributed by atoms with E-state index >= 15 is 0 Å². The zero-order valence-corrected chi connectivity index (χ0v) is 16.7. The molecule has 152 valence electrons. The van der Waals surface area contributed by atoms with Gasteiger partial charge in [0, 0.05) is 25.8 Å². The third-order valence-electron chi connectivity index (χ3n) is 5.39. The van der Waals surface area contributed by atoms with Crippen molar-refractivity contribution in [3.63, 3.8) is 0 Å². The van der Waals surface area contributed by atoms with Gasteiger partial charge in [0.1, 0.15) is 6.54 Å². The molecule has 1 aromatic carbocycles. The predicted octanol–water partition coefficient (Wildman–Crippen LogP) is 1.17. The highest BCUT2D eigenvalue weighted by Crippen LogP contribution is 2.31. The summed E-state index contributed by atoms with van der Waals surface area (Å²) in [7, 11) is 2.77. The summed E-state index contributed by atoms with van der Waals surface area (Å²) in [5.74, 6) is -0.0296. The van der Waals surface area contributed by atoms with Crippen molar-refractivity contribution in [1.29, 1.82) is 0 Å². The van der Waals surface area contributed by atoms with E-state index < -0.39 is 23.8 Å². The quantitative estimate of drug-likeness (QED) is 0.614. The van der Waals surface area contributed by atoms with Crippen molar-refractivity contribution in [2.45, 2.75) is 32.9 Å². The molecular formula is C20H23N5O4. The van der Waals surface area contributed by atoms with Crippen molar-refractivity contribution in [2.24, 2.45) is 7.05 Å². The van der Waals surface area contributed by atoms with E-state index in [1.54, 1.807) is 7.05 Å². The molecule has 29 heavy (non-hydrogen) atoms. The van der Waals surface area contributed by atoms with Gasteiger partial charge in [-0.05, 0) is 30.5 Å². The number of carbonyl (C=O) groups excluding carboxylic acids is 1. The summed E-state index contributed by atoms with van der Waals surface area (Å²) < 4.78 is 8.67. The molecule has 0 N–H and O–H groups in total. The van der Waals surface area contributed by atoms with Gasteiger partial charge < -0.3 is 14.2 Å². The first kappa shape index (κ1) is 19.0. The second-order valence-electron chi connectivity index (χ2n) is 7.07. The van der Waals surface area contributed by atoms with E-state index in [4.69, 9.17) is 0 Å². The summed E-state index contributed by atoms with van der Waals surface area (Å²) in [4.78, 5) is 44.1. The molecule has 0 bridgehead atoms. The fraction of sp³-hybridized carbons (Fsp3) is 0.400. The van der Waals surface area contributed by atoms with Crippen molar-refractivity contribution in [3.8, 4) is 0 Å². The van der Waals surface area contributed by atoms with Gasteiger partial charge in [0.05, 0.1) is 7.11 Å². The lowest BCUT2D eigenvalue weighted by Crippen LogP contribution is -2.41. The number of aromatic nitrogens is 4. The Labute approximate surface area is 166 Å². The van der Waals surface area contributed by atoms with E-state index in [2.05, 4.69) is 33.7 Å². The van der Waals surface area contributed by atoms with Crippen molar-refractivity contribution in [1.82, 2.24) is 18.7 Å². The monoisotopic (exact) mass is 397 g/mol. The molecular weight excluding hydrogens is 374 g/mol. The van der Waals surface area contributed by atoms with E-state index in [1.807, 2.05) is 16.7 Å². The summed E-state index contributed by atoms with van der Waals surface area (Å²) in [6.07, 6.45) is 1.79. The number of anilines is 2. The van der Waals surface area contributed by atoms with Crippen LogP contribution in [0.15, 0.2) is 33.9 Å². The normalized spacial score (nSPS) is 13.6. The molecule has 0 atom stereocenters. The molecule has 9 nitrogen and oxygen atoms in total. The van der Waals surface area contributed by atoms with E-state index in [0.717, 1.165) is 29.6 Å². The molecule has 4 rings (SSSR count). The van der Waals surface area contributed by atoms with Gasteiger partial charge in [-0.1, -0.05) is 19.1 Å². The van der Waals surface area contributed by atoms with Crippen LogP contribution < -0.4 is 16.1 Å². The molecule has 3 aromatic rings. The van der Waals surface area contributed by atoms with Crippen molar-refractivity contribution >= 4 is 28.8 Å². The van der Waals surface area contributed by atoms with Gasteiger partial charge in [-0.25, -0.2) is 9.36 Å². The summed E-state index contributed by atoms with van der Waals surface area (Å²) in [5, 5.41) is 0. The summed E-state index contributed by atoms with van der Waals surface area (Å²) in [6.45, 7) is 3.05. The molecule has 0 saturated heterocycles. The maximum Gasteiger partial charge on any atom is 0.333 e. The lowest BCUT2D eigenvalue weighted by atomic mass is 10.1. The first-order valence-corrected chi connectivity index (χ1v) is 9.59. The number of carbonyl (C=O) groups is 1. The Morgan fingerprint density at radius 3 is 2.55 bits per heavy atom.